The summed E-state index contributed by atoms with van der Waals surface area (Å²) in [7, 11) is -4.15. The number of carbonyl (C=O) groups excluding carboxylic acids is 1. The number of hydrogen-bond acceptors (Lipinski definition) is 5. The van der Waals surface area contributed by atoms with Crippen LogP contribution in [0.5, 0.6) is 0 Å². The fourth-order valence-electron chi connectivity index (χ4n) is 2.43. The Hall–Kier alpha value is -2.91. The van der Waals surface area contributed by atoms with Gasteiger partial charge in [-0.05, 0) is 43.3 Å². The first-order valence-corrected chi connectivity index (χ1v) is 9.98. The zero-order valence-corrected chi connectivity index (χ0v) is 16.2. The van der Waals surface area contributed by atoms with E-state index in [9.17, 15) is 17.6 Å². The third-order valence-corrected chi connectivity index (χ3v) is 5.53. The van der Waals surface area contributed by atoms with Crippen LogP contribution < -0.4 is 4.72 Å². The number of benzene rings is 2. The largest absolute Gasteiger partial charge is 0.462 e. The Kier molecular flexibility index (Phi) is 5.66. The lowest BCUT2D eigenvalue weighted by molar-refractivity contribution is 0.0527. The first-order chi connectivity index (χ1) is 13.3. The highest BCUT2D eigenvalue weighted by Crippen LogP contribution is 2.27. The van der Waals surface area contributed by atoms with Gasteiger partial charge in [0.2, 0.25) is 0 Å². The molecule has 2 aromatic carbocycles. The van der Waals surface area contributed by atoms with Gasteiger partial charge in [0, 0.05) is 0 Å². The number of nitrogens with one attached hydrogen (secondary N) is 1. The quantitative estimate of drug-likeness (QED) is 0.611. The average Bonchev–Trinajstić information content (AvgIpc) is 3.05. The predicted octanol–water partition coefficient (Wildman–Crippen LogP) is 3.64. The SMILES string of the molecule is CCOC(=O)c1cnn(-c2ccc(F)cc2)c1NS(=O)(=O)c1ccccc1Cl. The van der Waals surface area contributed by atoms with E-state index >= 15 is 0 Å². The predicted molar refractivity (Wildman–Crippen MR) is 102 cm³/mol. The average molecular weight is 424 g/mol. The molecular weight excluding hydrogens is 409 g/mol. The molecule has 1 aromatic heterocycles. The molecule has 10 heteroatoms. The van der Waals surface area contributed by atoms with Crippen LogP contribution in [0.4, 0.5) is 10.2 Å². The van der Waals surface area contributed by atoms with Crippen molar-refractivity contribution in [2.45, 2.75) is 11.8 Å². The topological polar surface area (TPSA) is 90.3 Å². The molecule has 3 aromatic rings. The number of carbonyl (C=O) groups is 1. The van der Waals surface area contributed by atoms with Gasteiger partial charge in [-0.3, -0.25) is 4.72 Å². The monoisotopic (exact) mass is 423 g/mol. The molecule has 0 spiro atoms. The number of rotatable bonds is 6. The zero-order chi connectivity index (χ0) is 20.3. The third-order valence-electron chi connectivity index (χ3n) is 3.69. The maximum Gasteiger partial charge on any atom is 0.343 e. The van der Waals surface area contributed by atoms with E-state index in [1.807, 2.05) is 0 Å². The summed E-state index contributed by atoms with van der Waals surface area (Å²) in [6.45, 7) is 1.72. The standard InChI is InChI=1S/C18H15ClFN3O4S/c1-2-27-18(24)14-11-21-23(13-9-7-12(20)8-10-13)17(14)22-28(25,26)16-6-4-3-5-15(16)19/h3-11,22H,2H2,1H3. The van der Waals surface area contributed by atoms with E-state index in [0.29, 0.717) is 5.69 Å². The van der Waals surface area contributed by atoms with Gasteiger partial charge in [-0.1, -0.05) is 23.7 Å². The molecule has 0 aliphatic heterocycles. The van der Waals surface area contributed by atoms with Crippen molar-refractivity contribution >= 4 is 33.4 Å². The summed E-state index contributed by atoms with van der Waals surface area (Å²) in [5.74, 6) is -1.38. The van der Waals surface area contributed by atoms with Gasteiger partial charge < -0.3 is 4.74 Å². The summed E-state index contributed by atoms with van der Waals surface area (Å²) < 4.78 is 47.4. The molecule has 0 aliphatic carbocycles. The van der Waals surface area contributed by atoms with Crippen LogP contribution in [0.1, 0.15) is 17.3 Å². The molecule has 0 atom stereocenters. The Morgan fingerprint density at radius 2 is 1.89 bits per heavy atom. The van der Waals surface area contributed by atoms with Crippen LogP contribution in [-0.2, 0) is 14.8 Å². The summed E-state index contributed by atoms with van der Waals surface area (Å²) in [4.78, 5) is 12.1. The van der Waals surface area contributed by atoms with Gasteiger partial charge in [-0.15, -0.1) is 0 Å². The molecule has 0 aliphatic rings. The second kappa shape index (κ2) is 7.99. The van der Waals surface area contributed by atoms with E-state index in [-0.39, 0.29) is 27.9 Å². The van der Waals surface area contributed by atoms with Crippen LogP contribution in [0.3, 0.4) is 0 Å². The molecule has 0 amide bonds. The molecule has 1 heterocycles. The third kappa shape index (κ3) is 4.00. The summed E-state index contributed by atoms with van der Waals surface area (Å²) >= 11 is 6.00. The molecule has 146 valence electrons. The molecule has 0 fully saturated rings. The van der Waals surface area contributed by atoms with Gasteiger partial charge in [0.15, 0.2) is 5.82 Å². The molecule has 7 nitrogen and oxygen atoms in total. The van der Waals surface area contributed by atoms with E-state index in [0.717, 1.165) is 0 Å². The summed E-state index contributed by atoms with van der Waals surface area (Å²) in [5, 5.41) is 4.07. The normalized spacial score (nSPS) is 11.2. The molecule has 28 heavy (non-hydrogen) atoms. The second-order valence-corrected chi connectivity index (χ2v) is 7.61. The highest BCUT2D eigenvalue weighted by molar-refractivity contribution is 7.92. The minimum absolute atomic E-state index is 0.0144. The summed E-state index contributed by atoms with van der Waals surface area (Å²) in [5.41, 5.74) is 0.246. The molecule has 0 saturated carbocycles. The Bertz CT molecular complexity index is 1110. The number of sulfonamides is 1. The Balaban J connectivity index is 2.11. The molecule has 0 bridgehead atoms. The van der Waals surface area contributed by atoms with E-state index in [2.05, 4.69) is 9.82 Å². The van der Waals surface area contributed by atoms with E-state index < -0.39 is 21.8 Å². The number of ether oxygens (including phenoxy) is 1. The Labute approximate surface area is 165 Å². The lowest BCUT2D eigenvalue weighted by Crippen LogP contribution is -2.19. The van der Waals surface area contributed by atoms with Crippen molar-refractivity contribution in [3.8, 4) is 5.69 Å². The maximum absolute atomic E-state index is 13.2. The summed E-state index contributed by atoms with van der Waals surface area (Å²) in [6, 6.07) is 11.0. The fraction of sp³-hybridized carbons (Fsp3) is 0.111. The fourth-order valence-corrected chi connectivity index (χ4v) is 4.01. The van der Waals surface area contributed by atoms with Crippen LogP contribution in [0.15, 0.2) is 59.6 Å². The highest BCUT2D eigenvalue weighted by Gasteiger charge is 2.26. The van der Waals surface area contributed by atoms with Gasteiger partial charge in [0.25, 0.3) is 10.0 Å². The van der Waals surface area contributed by atoms with Crippen molar-refractivity contribution in [2.75, 3.05) is 11.3 Å². The van der Waals surface area contributed by atoms with E-state index in [1.54, 1.807) is 13.0 Å². The molecular formula is C18H15ClFN3O4S. The lowest BCUT2D eigenvalue weighted by atomic mass is 10.3. The number of halogens is 2. The van der Waals surface area contributed by atoms with Crippen molar-refractivity contribution in [3.05, 3.63) is 71.1 Å². The zero-order valence-electron chi connectivity index (χ0n) is 14.6. The van der Waals surface area contributed by atoms with Crippen LogP contribution in [-0.4, -0.2) is 30.8 Å². The number of hydrogen-bond donors (Lipinski definition) is 1. The Morgan fingerprint density at radius 3 is 2.54 bits per heavy atom. The number of nitrogens with zero attached hydrogens (tertiary/aromatic N) is 2. The minimum atomic E-state index is -4.15. The Morgan fingerprint density at radius 1 is 1.21 bits per heavy atom. The van der Waals surface area contributed by atoms with Crippen molar-refractivity contribution in [3.63, 3.8) is 0 Å². The van der Waals surface area contributed by atoms with Crippen LogP contribution in [0, 0.1) is 5.82 Å². The molecule has 0 radical (unpaired) electrons. The van der Waals surface area contributed by atoms with Gasteiger partial charge in [-0.25, -0.2) is 22.3 Å². The van der Waals surface area contributed by atoms with Crippen molar-refractivity contribution in [2.24, 2.45) is 0 Å². The molecule has 3 rings (SSSR count). The van der Waals surface area contributed by atoms with Gasteiger partial charge in [0.1, 0.15) is 16.3 Å². The first-order valence-electron chi connectivity index (χ1n) is 8.12. The second-order valence-electron chi connectivity index (χ2n) is 5.55. The van der Waals surface area contributed by atoms with Crippen molar-refractivity contribution < 1.29 is 22.3 Å². The number of aromatic nitrogens is 2. The minimum Gasteiger partial charge on any atom is -0.462 e. The van der Waals surface area contributed by atoms with E-state index in [1.165, 1.54) is 53.3 Å². The molecule has 1 N–H and O–H groups in total. The maximum atomic E-state index is 13.2. The molecule has 0 saturated heterocycles. The number of anilines is 1. The van der Waals surface area contributed by atoms with Crippen molar-refractivity contribution in [1.29, 1.82) is 0 Å². The van der Waals surface area contributed by atoms with Crippen LogP contribution in [0.25, 0.3) is 5.69 Å². The lowest BCUT2D eigenvalue weighted by Gasteiger charge is -2.13. The number of esters is 1. The van der Waals surface area contributed by atoms with E-state index in [4.69, 9.17) is 16.3 Å². The summed E-state index contributed by atoms with van der Waals surface area (Å²) in [6.07, 6.45) is 1.17. The van der Waals surface area contributed by atoms with Crippen LogP contribution in [0.2, 0.25) is 5.02 Å². The van der Waals surface area contributed by atoms with Crippen LogP contribution >= 0.6 is 11.6 Å². The van der Waals surface area contributed by atoms with Gasteiger partial charge in [0.05, 0.1) is 23.5 Å². The smallest absolute Gasteiger partial charge is 0.343 e. The van der Waals surface area contributed by atoms with Gasteiger partial charge >= 0.3 is 5.97 Å². The first kappa shape index (κ1) is 19.8. The van der Waals surface area contributed by atoms with Gasteiger partial charge in [-0.2, -0.15) is 5.10 Å². The highest BCUT2D eigenvalue weighted by atomic mass is 35.5. The molecule has 0 unspecified atom stereocenters. The van der Waals surface area contributed by atoms with Crippen molar-refractivity contribution in [1.82, 2.24) is 9.78 Å².